The van der Waals surface area contributed by atoms with E-state index < -0.39 is 11.1 Å². The first kappa shape index (κ1) is 10.8. The lowest BCUT2D eigenvalue weighted by Gasteiger charge is -2.04. The molecule has 72 valence electrons. The third-order valence-corrected chi connectivity index (χ3v) is 2.80. The highest BCUT2D eigenvalue weighted by Gasteiger charge is 2.13. The monoisotopic (exact) mass is 240 g/mol. The Bertz CT molecular complexity index is 354. The van der Waals surface area contributed by atoms with Crippen LogP contribution in [0.15, 0.2) is 17.0 Å². The van der Waals surface area contributed by atoms with E-state index in [1.165, 1.54) is 19.2 Å². The molecule has 1 aromatic rings. The van der Waals surface area contributed by atoms with E-state index in [2.05, 4.69) is 4.18 Å². The molecular weight excluding hydrogens is 235 g/mol. The van der Waals surface area contributed by atoms with Crippen molar-refractivity contribution in [2.75, 3.05) is 7.11 Å². The number of benzene rings is 1. The summed E-state index contributed by atoms with van der Waals surface area (Å²) in [4.78, 5) is 0.0694. The zero-order valence-corrected chi connectivity index (χ0v) is 8.91. The molecule has 3 nitrogen and oxygen atoms in total. The van der Waals surface area contributed by atoms with Crippen molar-refractivity contribution in [3.63, 3.8) is 0 Å². The van der Waals surface area contributed by atoms with Crippen molar-refractivity contribution in [1.29, 1.82) is 0 Å². The zero-order valence-electron chi connectivity index (χ0n) is 6.58. The van der Waals surface area contributed by atoms with Gasteiger partial charge in [0.2, 0.25) is 0 Å². The first-order valence-electron chi connectivity index (χ1n) is 3.20. The van der Waals surface area contributed by atoms with Gasteiger partial charge < -0.3 is 5.11 Å². The zero-order chi connectivity index (χ0) is 10.0. The maximum atomic E-state index is 11.2. The Morgan fingerprint density at radius 2 is 2.08 bits per heavy atom. The third kappa shape index (κ3) is 2.34. The molecule has 0 aliphatic rings. The summed E-state index contributed by atoms with van der Waals surface area (Å²) in [6.07, 6.45) is 0. The maximum Gasteiger partial charge on any atom is 0.192 e. The summed E-state index contributed by atoms with van der Waals surface area (Å²) in [5.74, 6) is -0.272. The van der Waals surface area contributed by atoms with Crippen LogP contribution in [-0.2, 0) is 15.3 Å². The number of hydrogen-bond acceptors (Lipinski definition) is 3. The summed E-state index contributed by atoms with van der Waals surface area (Å²) in [6.45, 7) is 0. The Morgan fingerprint density at radius 3 is 2.62 bits per heavy atom. The van der Waals surface area contributed by atoms with E-state index in [9.17, 15) is 9.32 Å². The lowest BCUT2D eigenvalue weighted by atomic mass is 10.3. The van der Waals surface area contributed by atoms with Gasteiger partial charge >= 0.3 is 0 Å². The van der Waals surface area contributed by atoms with Gasteiger partial charge in [-0.3, -0.25) is 4.18 Å². The number of aromatic hydroxyl groups is 1. The van der Waals surface area contributed by atoms with Gasteiger partial charge in [0.05, 0.1) is 12.1 Å². The molecule has 0 spiro atoms. The van der Waals surface area contributed by atoms with Crippen LogP contribution in [0.4, 0.5) is 0 Å². The van der Waals surface area contributed by atoms with Crippen molar-refractivity contribution in [2.24, 2.45) is 0 Å². The summed E-state index contributed by atoms with van der Waals surface area (Å²) in [5, 5.41) is 9.70. The maximum absolute atomic E-state index is 11.2. The van der Waals surface area contributed by atoms with Crippen LogP contribution in [0.5, 0.6) is 5.75 Å². The molecule has 0 saturated heterocycles. The molecule has 0 aliphatic carbocycles. The van der Waals surface area contributed by atoms with Gasteiger partial charge in [-0.2, -0.15) is 0 Å². The topological polar surface area (TPSA) is 46.5 Å². The van der Waals surface area contributed by atoms with Crippen LogP contribution < -0.4 is 0 Å². The van der Waals surface area contributed by atoms with Crippen LogP contribution in [-0.4, -0.2) is 16.4 Å². The average molecular weight is 241 g/mol. The molecule has 0 unspecified atom stereocenters. The molecule has 0 fully saturated rings. The number of halogens is 2. The molecule has 1 aromatic carbocycles. The molecule has 0 saturated carbocycles. The lowest BCUT2D eigenvalue weighted by Crippen LogP contribution is -1.94. The van der Waals surface area contributed by atoms with Crippen LogP contribution in [0.25, 0.3) is 0 Å². The second-order valence-electron chi connectivity index (χ2n) is 2.14. The fourth-order valence-electron chi connectivity index (χ4n) is 0.759. The van der Waals surface area contributed by atoms with E-state index >= 15 is 0 Å². The predicted octanol–water partition coefficient (Wildman–Crippen LogP) is 2.37. The third-order valence-electron chi connectivity index (χ3n) is 1.32. The van der Waals surface area contributed by atoms with Crippen molar-refractivity contribution in [3.8, 4) is 5.75 Å². The van der Waals surface area contributed by atoms with Gasteiger partial charge in [0.25, 0.3) is 0 Å². The van der Waals surface area contributed by atoms with Gasteiger partial charge in [-0.15, -0.1) is 0 Å². The SMILES string of the molecule is CO[S@](=O)c1cc(Cl)cc(Cl)c1O. The molecule has 1 N–H and O–H groups in total. The summed E-state index contributed by atoms with van der Waals surface area (Å²) < 4.78 is 15.7. The van der Waals surface area contributed by atoms with Crippen LogP contribution in [0, 0.1) is 0 Å². The molecule has 1 rings (SSSR count). The van der Waals surface area contributed by atoms with E-state index in [4.69, 9.17) is 23.2 Å². The fourth-order valence-corrected chi connectivity index (χ4v) is 2.04. The summed E-state index contributed by atoms with van der Waals surface area (Å²) >= 11 is 9.49. The van der Waals surface area contributed by atoms with Gasteiger partial charge in [-0.25, -0.2) is 4.21 Å². The minimum atomic E-state index is -1.74. The van der Waals surface area contributed by atoms with E-state index in [-0.39, 0.29) is 15.7 Å². The molecule has 6 heteroatoms. The lowest BCUT2D eigenvalue weighted by molar-refractivity contribution is 0.430. The van der Waals surface area contributed by atoms with Crippen LogP contribution in [0.1, 0.15) is 0 Å². The van der Waals surface area contributed by atoms with Crippen molar-refractivity contribution in [1.82, 2.24) is 0 Å². The summed E-state index contributed by atoms with van der Waals surface area (Å²) in [5.41, 5.74) is 0. The van der Waals surface area contributed by atoms with Crippen molar-refractivity contribution in [2.45, 2.75) is 4.90 Å². The Hall–Kier alpha value is -0.290. The molecule has 13 heavy (non-hydrogen) atoms. The quantitative estimate of drug-likeness (QED) is 0.864. The van der Waals surface area contributed by atoms with Crippen LogP contribution in [0.3, 0.4) is 0 Å². The van der Waals surface area contributed by atoms with E-state index in [1.54, 1.807) is 0 Å². The smallest absolute Gasteiger partial charge is 0.192 e. The molecule has 0 bridgehead atoms. The van der Waals surface area contributed by atoms with E-state index in [0.29, 0.717) is 5.02 Å². The number of rotatable bonds is 2. The Balaban J connectivity index is 3.28. The predicted molar refractivity (Wildman–Crippen MR) is 51.5 cm³/mol. The van der Waals surface area contributed by atoms with Crippen molar-refractivity contribution in [3.05, 3.63) is 22.2 Å². The molecular formula is C7H6Cl2O3S. The number of hydrogen-bond donors (Lipinski definition) is 1. The molecule has 0 amide bonds. The summed E-state index contributed by atoms with van der Waals surface area (Å²) in [7, 11) is 1.25. The van der Waals surface area contributed by atoms with E-state index in [1.807, 2.05) is 0 Å². The highest BCUT2D eigenvalue weighted by molar-refractivity contribution is 7.80. The van der Waals surface area contributed by atoms with Crippen molar-refractivity contribution < 1.29 is 13.5 Å². The molecule has 0 radical (unpaired) electrons. The Kier molecular flexibility index (Phi) is 3.55. The summed E-state index contributed by atoms with van der Waals surface area (Å²) in [6, 6.07) is 2.69. The highest BCUT2D eigenvalue weighted by atomic mass is 35.5. The minimum absolute atomic E-state index is 0.0490. The molecule has 0 aromatic heterocycles. The van der Waals surface area contributed by atoms with Crippen molar-refractivity contribution >= 4 is 34.3 Å². The minimum Gasteiger partial charge on any atom is -0.505 e. The Morgan fingerprint density at radius 1 is 1.46 bits per heavy atom. The Labute approximate surface area is 87.9 Å². The standard InChI is InChI=1S/C7H6Cl2O3S/c1-12-13(11)6-3-4(8)2-5(9)7(6)10/h2-3,10H,1H3/t13-/m0/s1. The molecule has 0 aliphatic heterocycles. The number of phenolic OH excluding ortho intramolecular Hbond substituents is 1. The van der Waals surface area contributed by atoms with Gasteiger partial charge in [0.1, 0.15) is 4.90 Å². The fraction of sp³-hybridized carbons (Fsp3) is 0.143. The van der Waals surface area contributed by atoms with E-state index in [0.717, 1.165) is 0 Å². The van der Waals surface area contributed by atoms with Gasteiger partial charge in [-0.1, -0.05) is 23.2 Å². The van der Waals surface area contributed by atoms with Gasteiger partial charge in [-0.05, 0) is 12.1 Å². The average Bonchev–Trinajstić information content (AvgIpc) is 2.10. The highest BCUT2D eigenvalue weighted by Crippen LogP contribution is 2.33. The largest absolute Gasteiger partial charge is 0.505 e. The van der Waals surface area contributed by atoms with Gasteiger partial charge in [0, 0.05) is 5.02 Å². The normalized spacial score (nSPS) is 12.8. The van der Waals surface area contributed by atoms with Crippen LogP contribution >= 0.6 is 23.2 Å². The first-order valence-corrected chi connectivity index (χ1v) is 5.03. The second kappa shape index (κ2) is 4.28. The molecule has 1 atom stereocenters. The first-order chi connectivity index (χ1) is 6.06. The number of phenols is 1. The van der Waals surface area contributed by atoms with Gasteiger partial charge in [0.15, 0.2) is 16.8 Å². The van der Waals surface area contributed by atoms with Crippen LogP contribution in [0.2, 0.25) is 10.0 Å². The second-order valence-corrected chi connectivity index (χ2v) is 4.22. The molecule has 0 heterocycles.